The molecule has 3 heteroatoms. The quantitative estimate of drug-likeness (QED) is 0.754. The summed E-state index contributed by atoms with van der Waals surface area (Å²) in [6, 6.07) is 6.21. The average molecular weight is 284 g/mol. The highest BCUT2D eigenvalue weighted by Crippen LogP contribution is 2.32. The molecule has 2 rings (SSSR count). The Balaban J connectivity index is 2.28. The predicted molar refractivity (Wildman–Crippen MR) is 79.4 cm³/mol. The molecule has 0 radical (unpaired) electrons. The van der Waals surface area contributed by atoms with Gasteiger partial charge in [0.2, 0.25) is 0 Å². The van der Waals surface area contributed by atoms with Crippen LogP contribution in [0.2, 0.25) is 10.0 Å². The summed E-state index contributed by atoms with van der Waals surface area (Å²) < 4.78 is 0. The number of hydrogen-bond donors (Lipinski definition) is 1. The van der Waals surface area contributed by atoms with Crippen LogP contribution in [0, 0.1) is 0 Å². The summed E-state index contributed by atoms with van der Waals surface area (Å²) in [4.78, 5) is 0. The van der Waals surface area contributed by atoms with E-state index in [1.54, 1.807) is 0 Å². The molecule has 0 amide bonds. The molecule has 0 saturated carbocycles. The van der Waals surface area contributed by atoms with Crippen molar-refractivity contribution in [3.8, 4) is 0 Å². The van der Waals surface area contributed by atoms with Gasteiger partial charge in [0.05, 0.1) is 16.1 Å². The minimum atomic E-state index is 0.282. The number of rotatable bonds is 4. The van der Waals surface area contributed by atoms with Gasteiger partial charge < -0.3 is 5.32 Å². The highest BCUT2D eigenvalue weighted by atomic mass is 35.5. The van der Waals surface area contributed by atoms with E-state index in [4.69, 9.17) is 23.2 Å². The van der Waals surface area contributed by atoms with E-state index in [0.717, 1.165) is 6.54 Å². The first-order valence-corrected chi connectivity index (χ1v) is 7.35. The molecule has 1 unspecified atom stereocenters. The number of halogens is 2. The molecule has 1 aromatic rings. The average Bonchev–Trinajstić information content (AvgIpc) is 2.40. The monoisotopic (exact) mass is 283 g/mol. The minimum Gasteiger partial charge on any atom is -0.307 e. The van der Waals surface area contributed by atoms with Crippen molar-refractivity contribution >= 4 is 23.2 Å². The van der Waals surface area contributed by atoms with E-state index in [1.165, 1.54) is 36.8 Å². The Morgan fingerprint density at radius 1 is 1.22 bits per heavy atom. The Morgan fingerprint density at radius 3 is 2.67 bits per heavy atom. The van der Waals surface area contributed by atoms with Gasteiger partial charge in [-0.15, -0.1) is 0 Å². The molecule has 0 bridgehead atoms. The van der Waals surface area contributed by atoms with Crippen molar-refractivity contribution in [2.75, 3.05) is 6.54 Å². The lowest BCUT2D eigenvalue weighted by molar-refractivity contribution is 0.564. The van der Waals surface area contributed by atoms with Gasteiger partial charge in [-0.2, -0.15) is 0 Å². The SMILES string of the molecule is CCNC(C1=CCCCC1)c1ccc(Cl)c(Cl)c1. The first-order chi connectivity index (χ1) is 8.72. The fraction of sp³-hybridized carbons (Fsp3) is 0.467. The summed E-state index contributed by atoms with van der Waals surface area (Å²) in [5.74, 6) is 0. The van der Waals surface area contributed by atoms with Crippen molar-refractivity contribution in [1.82, 2.24) is 5.32 Å². The molecule has 1 atom stereocenters. The van der Waals surface area contributed by atoms with E-state index in [1.807, 2.05) is 12.1 Å². The molecule has 1 N–H and O–H groups in total. The summed E-state index contributed by atoms with van der Waals surface area (Å²) in [6.07, 6.45) is 7.34. The van der Waals surface area contributed by atoms with Gasteiger partial charge in [0, 0.05) is 0 Å². The standard InChI is InChI=1S/C15H19Cl2N/c1-2-18-15(11-6-4-3-5-7-11)12-8-9-13(16)14(17)10-12/h6,8-10,15,18H,2-5,7H2,1H3. The molecule has 0 saturated heterocycles. The second kappa shape index (κ2) is 6.60. The zero-order valence-electron chi connectivity index (χ0n) is 10.7. The molecule has 98 valence electrons. The van der Waals surface area contributed by atoms with Crippen LogP contribution in [0.15, 0.2) is 29.8 Å². The molecule has 0 aliphatic heterocycles. The van der Waals surface area contributed by atoms with Crippen LogP contribution in [0.4, 0.5) is 0 Å². The van der Waals surface area contributed by atoms with Gasteiger partial charge in [0.25, 0.3) is 0 Å². The molecule has 18 heavy (non-hydrogen) atoms. The topological polar surface area (TPSA) is 12.0 Å². The van der Waals surface area contributed by atoms with Crippen LogP contribution < -0.4 is 5.32 Å². The van der Waals surface area contributed by atoms with Crippen molar-refractivity contribution in [2.45, 2.75) is 38.6 Å². The second-order valence-corrected chi connectivity index (χ2v) is 5.50. The van der Waals surface area contributed by atoms with E-state index >= 15 is 0 Å². The van der Waals surface area contributed by atoms with Crippen LogP contribution in [0.5, 0.6) is 0 Å². The van der Waals surface area contributed by atoms with Crippen molar-refractivity contribution in [1.29, 1.82) is 0 Å². The molecule has 0 aromatic heterocycles. The highest BCUT2D eigenvalue weighted by molar-refractivity contribution is 6.42. The third kappa shape index (κ3) is 3.28. The Morgan fingerprint density at radius 2 is 2.06 bits per heavy atom. The van der Waals surface area contributed by atoms with Crippen LogP contribution in [0.25, 0.3) is 0 Å². The molecule has 0 spiro atoms. The van der Waals surface area contributed by atoms with Gasteiger partial charge in [0.1, 0.15) is 0 Å². The summed E-state index contributed by atoms with van der Waals surface area (Å²) >= 11 is 12.1. The second-order valence-electron chi connectivity index (χ2n) is 4.69. The Bertz CT molecular complexity index is 440. The molecular formula is C15H19Cl2N. The molecule has 0 fully saturated rings. The van der Waals surface area contributed by atoms with Crippen LogP contribution >= 0.6 is 23.2 Å². The van der Waals surface area contributed by atoms with E-state index in [0.29, 0.717) is 10.0 Å². The molecular weight excluding hydrogens is 265 g/mol. The van der Waals surface area contributed by atoms with Crippen LogP contribution in [-0.4, -0.2) is 6.54 Å². The van der Waals surface area contributed by atoms with Gasteiger partial charge >= 0.3 is 0 Å². The van der Waals surface area contributed by atoms with E-state index in [-0.39, 0.29) is 6.04 Å². The Labute approximate surface area is 119 Å². The highest BCUT2D eigenvalue weighted by Gasteiger charge is 2.17. The van der Waals surface area contributed by atoms with E-state index < -0.39 is 0 Å². The van der Waals surface area contributed by atoms with E-state index in [2.05, 4.69) is 24.4 Å². The zero-order chi connectivity index (χ0) is 13.0. The number of benzene rings is 1. The third-order valence-electron chi connectivity index (χ3n) is 3.38. The van der Waals surface area contributed by atoms with Crippen LogP contribution in [0.3, 0.4) is 0 Å². The first-order valence-electron chi connectivity index (χ1n) is 6.59. The number of hydrogen-bond acceptors (Lipinski definition) is 1. The molecule has 1 aromatic carbocycles. The third-order valence-corrected chi connectivity index (χ3v) is 4.12. The normalized spacial score (nSPS) is 17.4. The van der Waals surface area contributed by atoms with Crippen molar-refractivity contribution in [2.24, 2.45) is 0 Å². The maximum atomic E-state index is 6.12. The summed E-state index contributed by atoms with van der Waals surface area (Å²) in [5.41, 5.74) is 2.70. The number of likely N-dealkylation sites (N-methyl/N-ethyl adjacent to an activating group) is 1. The van der Waals surface area contributed by atoms with Crippen LogP contribution in [-0.2, 0) is 0 Å². The lowest BCUT2D eigenvalue weighted by atomic mass is 9.90. The molecule has 1 nitrogen and oxygen atoms in total. The van der Waals surface area contributed by atoms with Gasteiger partial charge in [-0.3, -0.25) is 0 Å². The largest absolute Gasteiger partial charge is 0.307 e. The van der Waals surface area contributed by atoms with Crippen molar-refractivity contribution < 1.29 is 0 Å². The predicted octanol–water partition coefficient (Wildman–Crippen LogP) is 5.14. The molecule has 1 aliphatic carbocycles. The Hall–Kier alpha value is -0.500. The smallest absolute Gasteiger partial charge is 0.0595 e. The fourth-order valence-corrected chi connectivity index (χ4v) is 2.79. The first kappa shape index (κ1) is 13.9. The van der Waals surface area contributed by atoms with Crippen LogP contribution in [0.1, 0.15) is 44.2 Å². The molecule has 1 aliphatic rings. The lowest BCUT2D eigenvalue weighted by Crippen LogP contribution is -2.23. The van der Waals surface area contributed by atoms with Crippen molar-refractivity contribution in [3.63, 3.8) is 0 Å². The van der Waals surface area contributed by atoms with Gasteiger partial charge in [0.15, 0.2) is 0 Å². The van der Waals surface area contributed by atoms with Gasteiger partial charge in [-0.05, 0) is 49.9 Å². The summed E-state index contributed by atoms with van der Waals surface area (Å²) in [5, 5.41) is 4.80. The Kier molecular flexibility index (Phi) is 5.11. The van der Waals surface area contributed by atoms with Crippen molar-refractivity contribution in [3.05, 3.63) is 45.5 Å². The number of allylic oxidation sites excluding steroid dienone is 1. The van der Waals surface area contributed by atoms with E-state index in [9.17, 15) is 0 Å². The maximum Gasteiger partial charge on any atom is 0.0595 e. The maximum absolute atomic E-state index is 6.12. The summed E-state index contributed by atoms with van der Waals surface area (Å²) in [6.45, 7) is 3.08. The number of nitrogens with one attached hydrogen (secondary N) is 1. The summed E-state index contributed by atoms with van der Waals surface area (Å²) in [7, 11) is 0. The fourth-order valence-electron chi connectivity index (χ4n) is 2.48. The minimum absolute atomic E-state index is 0.282. The lowest BCUT2D eigenvalue weighted by Gasteiger charge is -2.24. The molecule has 0 heterocycles. The van der Waals surface area contributed by atoms with Gasteiger partial charge in [-0.1, -0.05) is 47.8 Å². The van der Waals surface area contributed by atoms with Gasteiger partial charge in [-0.25, -0.2) is 0 Å². The zero-order valence-corrected chi connectivity index (χ0v) is 12.2.